The Morgan fingerprint density at radius 1 is 0.968 bits per heavy atom. The van der Waals surface area contributed by atoms with Crippen molar-refractivity contribution in [2.24, 2.45) is 0 Å². The molecule has 0 aromatic heterocycles. The minimum atomic E-state index is -4.17. The molecule has 0 aliphatic rings. The summed E-state index contributed by atoms with van der Waals surface area (Å²) < 4.78 is 34.3. The van der Waals surface area contributed by atoms with E-state index in [0.29, 0.717) is 11.3 Å². The number of non-ortho nitro benzene ring substituents is 1. The highest BCUT2D eigenvalue weighted by Crippen LogP contribution is 2.35. The Bertz CT molecular complexity index is 1110. The summed E-state index contributed by atoms with van der Waals surface area (Å²) in [5, 5.41) is 10.2. The molecule has 0 spiro atoms. The van der Waals surface area contributed by atoms with Gasteiger partial charge in [0.1, 0.15) is 5.38 Å². The Balaban J connectivity index is 2.13. The molecule has 0 unspecified atom stereocenters. The van der Waals surface area contributed by atoms with Crippen LogP contribution in [-0.4, -0.2) is 26.2 Å². The van der Waals surface area contributed by atoms with E-state index in [-0.39, 0.29) is 17.2 Å². The van der Waals surface area contributed by atoms with Crippen LogP contribution < -0.4 is 4.31 Å². The summed E-state index contributed by atoms with van der Waals surface area (Å²) in [5.74, 6) is 0. The fraction of sp³-hybridized carbons (Fsp3) is 0.182. The number of nitro benzene ring substituents is 1. The number of nitro groups is 1. The highest BCUT2D eigenvalue weighted by molar-refractivity contribution is 7.92. The highest BCUT2D eigenvalue weighted by Gasteiger charge is 2.37. The summed E-state index contributed by atoms with van der Waals surface area (Å²) in [4.78, 5) is 10.3. The molecule has 9 heteroatoms. The summed E-state index contributed by atoms with van der Waals surface area (Å²) in [6.45, 7) is 1.98. The van der Waals surface area contributed by atoms with Crippen LogP contribution in [-0.2, 0) is 14.8 Å². The fourth-order valence-corrected chi connectivity index (χ4v) is 5.05. The molecular formula is C22H21ClN2O5S. The van der Waals surface area contributed by atoms with Gasteiger partial charge in [-0.15, -0.1) is 11.6 Å². The summed E-state index contributed by atoms with van der Waals surface area (Å²) >= 11 is 6.74. The number of para-hydroxylation sites is 1. The first kappa shape index (κ1) is 22.7. The molecule has 3 rings (SSSR count). The zero-order valence-electron chi connectivity index (χ0n) is 16.7. The molecule has 0 heterocycles. The minimum absolute atomic E-state index is 0.108. The van der Waals surface area contributed by atoms with Gasteiger partial charge < -0.3 is 4.74 Å². The van der Waals surface area contributed by atoms with E-state index in [0.717, 1.165) is 16.4 Å². The minimum Gasteiger partial charge on any atom is -0.356 e. The van der Waals surface area contributed by atoms with Crippen molar-refractivity contribution in [3.63, 3.8) is 0 Å². The molecule has 2 atom stereocenters. The van der Waals surface area contributed by atoms with Crippen LogP contribution in [0.5, 0.6) is 0 Å². The number of benzene rings is 3. The maximum Gasteiger partial charge on any atom is 0.269 e. The molecule has 0 amide bonds. The Hall–Kier alpha value is -2.94. The molecule has 0 radical (unpaired) electrons. The smallest absolute Gasteiger partial charge is 0.269 e. The lowest BCUT2D eigenvalue weighted by molar-refractivity contribution is -0.384. The van der Waals surface area contributed by atoms with Crippen LogP contribution in [0.3, 0.4) is 0 Å². The summed E-state index contributed by atoms with van der Waals surface area (Å²) in [5.41, 5.74) is 0.856. The van der Waals surface area contributed by atoms with Gasteiger partial charge in [-0.05, 0) is 36.8 Å². The SMILES string of the molecule is CCO[C@H]([C@H](Cl)c1ccccc1)N(c1ccccc1)S(=O)(=O)c1ccc([N+](=O)[O-])cc1. The topological polar surface area (TPSA) is 89.8 Å². The number of nitrogens with zero attached hydrogens (tertiary/aromatic N) is 2. The quantitative estimate of drug-likeness (QED) is 0.191. The van der Waals surface area contributed by atoms with Crippen molar-refractivity contribution in [1.29, 1.82) is 0 Å². The molecule has 3 aromatic carbocycles. The molecule has 0 fully saturated rings. The van der Waals surface area contributed by atoms with Crippen molar-refractivity contribution in [1.82, 2.24) is 0 Å². The normalized spacial score (nSPS) is 13.4. The van der Waals surface area contributed by atoms with Gasteiger partial charge in [-0.3, -0.25) is 10.1 Å². The van der Waals surface area contributed by atoms with Crippen molar-refractivity contribution >= 4 is 33.0 Å². The van der Waals surface area contributed by atoms with Gasteiger partial charge in [0.15, 0.2) is 6.23 Å². The van der Waals surface area contributed by atoms with Crippen LogP contribution in [0, 0.1) is 10.1 Å². The Morgan fingerprint density at radius 2 is 1.52 bits per heavy atom. The van der Waals surface area contributed by atoms with Crippen LogP contribution in [0.2, 0.25) is 0 Å². The molecule has 3 aromatic rings. The largest absolute Gasteiger partial charge is 0.356 e. The summed E-state index contributed by atoms with van der Waals surface area (Å²) in [6, 6.07) is 22.3. The van der Waals surface area contributed by atoms with E-state index in [9.17, 15) is 18.5 Å². The number of hydrogen-bond acceptors (Lipinski definition) is 5. The zero-order valence-corrected chi connectivity index (χ0v) is 18.2. The van der Waals surface area contributed by atoms with Crippen molar-refractivity contribution in [2.75, 3.05) is 10.9 Å². The molecule has 0 bridgehead atoms. The number of hydrogen-bond donors (Lipinski definition) is 0. The predicted octanol–water partition coefficient (Wildman–Crippen LogP) is 5.13. The summed E-state index contributed by atoms with van der Waals surface area (Å²) in [6.07, 6.45) is -1.06. The van der Waals surface area contributed by atoms with Crippen LogP contribution in [0.4, 0.5) is 11.4 Å². The molecule has 0 N–H and O–H groups in total. The van der Waals surface area contributed by atoms with Crippen molar-refractivity contribution in [3.05, 3.63) is 101 Å². The molecule has 0 aliphatic heterocycles. The monoisotopic (exact) mass is 460 g/mol. The van der Waals surface area contributed by atoms with Gasteiger partial charge in [0.25, 0.3) is 15.7 Å². The van der Waals surface area contributed by atoms with Gasteiger partial charge in [-0.25, -0.2) is 12.7 Å². The average molecular weight is 461 g/mol. The second-order valence-corrected chi connectivity index (χ2v) is 8.83. The van der Waals surface area contributed by atoms with E-state index in [1.807, 2.05) is 18.2 Å². The van der Waals surface area contributed by atoms with Crippen LogP contribution >= 0.6 is 11.6 Å². The molecule has 31 heavy (non-hydrogen) atoms. The van der Waals surface area contributed by atoms with E-state index in [2.05, 4.69) is 0 Å². The molecule has 7 nitrogen and oxygen atoms in total. The van der Waals surface area contributed by atoms with E-state index in [4.69, 9.17) is 16.3 Å². The lowest BCUT2D eigenvalue weighted by Crippen LogP contribution is -2.44. The first-order valence-corrected chi connectivity index (χ1v) is 11.4. The molecule has 0 saturated heterocycles. The lowest BCUT2D eigenvalue weighted by atomic mass is 10.1. The molecule has 0 saturated carbocycles. The molecular weight excluding hydrogens is 440 g/mol. The standard InChI is InChI=1S/C22H21ClN2O5S/c1-2-30-22(21(23)17-9-5-3-6-10-17)24(18-11-7-4-8-12-18)31(28,29)20-15-13-19(14-16-20)25(26)27/h3-16,21-22H,2H2,1H3/t21-,22-/m1/s1. The second kappa shape index (κ2) is 9.91. The number of ether oxygens (including phenoxy) is 1. The maximum atomic E-state index is 13.7. The van der Waals surface area contributed by atoms with Gasteiger partial charge in [0, 0.05) is 18.7 Å². The Kier molecular flexibility index (Phi) is 7.27. The van der Waals surface area contributed by atoms with Crippen molar-refractivity contribution in [3.8, 4) is 0 Å². The van der Waals surface area contributed by atoms with Gasteiger partial charge >= 0.3 is 0 Å². The number of alkyl halides is 1. The van der Waals surface area contributed by atoms with Gasteiger partial charge in [-0.1, -0.05) is 48.5 Å². The van der Waals surface area contributed by atoms with E-state index < -0.39 is 26.6 Å². The van der Waals surface area contributed by atoms with E-state index in [1.54, 1.807) is 49.4 Å². The third-order valence-corrected chi connectivity index (χ3v) is 6.82. The third kappa shape index (κ3) is 5.04. The third-order valence-electron chi connectivity index (χ3n) is 4.55. The number of rotatable bonds is 9. The number of sulfonamides is 1. The lowest BCUT2D eigenvalue weighted by Gasteiger charge is -2.35. The van der Waals surface area contributed by atoms with Crippen molar-refractivity contribution < 1.29 is 18.1 Å². The second-order valence-electron chi connectivity index (χ2n) is 6.55. The number of anilines is 1. The number of halogens is 1. The molecule has 0 aliphatic carbocycles. The zero-order chi connectivity index (χ0) is 22.4. The first-order chi connectivity index (χ1) is 14.9. The van der Waals surface area contributed by atoms with Gasteiger partial charge in [0.2, 0.25) is 0 Å². The Labute approximate surface area is 186 Å². The van der Waals surface area contributed by atoms with Gasteiger partial charge in [-0.2, -0.15) is 0 Å². The van der Waals surface area contributed by atoms with Crippen LogP contribution in [0.25, 0.3) is 0 Å². The Morgan fingerprint density at radius 3 is 2.03 bits per heavy atom. The van der Waals surface area contributed by atoms with E-state index in [1.165, 1.54) is 12.1 Å². The predicted molar refractivity (Wildman–Crippen MR) is 120 cm³/mol. The highest BCUT2D eigenvalue weighted by atomic mass is 35.5. The van der Waals surface area contributed by atoms with Crippen molar-refractivity contribution in [2.45, 2.75) is 23.4 Å². The fourth-order valence-electron chi connectivity index (χ4n) is 3.09. The van der Waals surface area contributed by atoms with E-state index >= 15 is 0 Å². The summed E-state index contributed by atoms with van der Waals surface area (Å²) in [7, 11) is -4.17. The van der Waals surface area contributed by atoms with Crippen LogP contribution in [0.1, 0.15) is 17.9 Å². The average Bonchev–Trinajstić information content (AvgIpc) is 2.79. The molecule has 162 valence electrons. The van der Waals surface area contributed by atoms with Gasteiger partial charge in [0.05, 0.1) is 15.5 Å². The maximum absolute atomic E-state index is 13.7. The van der Waals surface area contributed by atoms with Crippen LogP contribution in [0.15, 0.2) is 89.8 Å². The first-order valence-electron chi connectivity index (χ1n) is 9.51.